The fraction of sp³-hybridized carbons (Fsp3) is 0.917. The minimum Gasteiger partial charge on any atom is -0.469 e. The van der Waals surface area contributed by atoms with E-state index in [-0.39, 0.29) is 5.97 Å². The molecule has 2 aliphatic rings. The normalized spacial score (nSPS) is 33.3. The highest BCUT2D eigenvalue weighted by atomic mass is 16.5. The molecule has 3 unspecified atom stereocenters. The van der Waals surface area contributed by atoms with Crippen LogP contribution in [0.3, 0.4) is 0 Å². The van der Waals surface area contributed by atoms with Gasteiger partial charge >= 0.3 is 5.97 Å². The first kappa shape index (κ1) is 10.9. The molecule has 0 aromatic carbocycles. The highest BCUT2D eigenvalue weighted by Gasteiger charge is 2.38. The number of carbonyl (C=O) groups excluding carboxylic acids is 1. The zero-order valence-corrected chi connectivity index (χ0v) is 9.50. The van der Waals surface area contributed by atoms with Crippen LogP contribution in [0.15, 0.2) is 0 Å². The number of nitrogens with one attached hydrogen (secondary N) is 1. The molecule has 0 amide bonds. The van der Waals surface area contributed by atoms with Crippen molar-refractivity contribution in [2.24, 2.45) is 17.8 Å². The number of hydrogen-bond acceptors (Lipinski definition) is 3. The Morgan fingerprint density at radius 3 is 2.87 bits per heavy atom. The van der Waals surface area contributed by atoms with Gasteiger partial charge in [-0.3, -0.25) is 4.79 Å². The van der Waals surface area contributed by atoms with E-state index >= 15 is 0 Å². The van der Waals surface area contributed by atoms with Gasteiger partial charge < -0.3 is 10.1 Å². The van der Waals surface area contributed by atoms with Crippen LogP contribution in [0.4, 0.5) is 0 Å². The maximum Gasteiger partial charge on any atom is 0.306 e. The summed E-state index contributed by atoms with van der Waals surface area (Å²) in [5, 5.41) is 3.38. The van der Waals surface area contributed by atoms with E-state index in [0.717, 1.165) is 30.8 Å². The van der Waals surface area contributed by atoms with Crippen molar-refractivity contribution >= 4 is 5.97 Å². The van der Waals surface area contributed by atoms with Gasteiger partial charge in [0, 0.05) is 6.54 Å². The quantitative estimate of drug-likeness (QED) is 0.554. The van der Waals surface area contributed by atoms with Crippen molar-refractivity contribution in [3.05, 3.63) is 0 Å². The summed E-state index contributed by atoms with van der Waals surface area (Å²) in [6.07, 6.45) is 6.27. The predicted octanol–water partition coefficient (Wildman–Crippen LogP) is 1.58. The Labute approximate surface area is 91.6 Å². The van der Waals surface area contributed by atoms with E-state index in [2.05, 4.69) is 10.1 Å². The summed E-state index contributed by atoms with van der Waals surface area (Å²) in [6.45, 7) is 1.86. The van der Waals surface area contributed by atoms with E-state index in [9.17, 15) is 4.79 Å². The fourth-order valence-electron chi connectivity index (χ4n) is 3.21. The van der Waals surface area contributed by atoms with Gasteiger partial charge in [-0.15, -0.1) is 0 Å². The lowest BCUT2D eigenvalue weighted by Crippen LogP contribution is -2.28. The fourth-order valence-corrected chi connectivity index (χ4v) is 3.21. The van der Waals surface area contributed by atoms with Gasteiger partial charge in [-0.25, -0.2) is 0 Å². The van der Waals surface area contributed by atoms with Crippen LogP contribution in [-0.2, 0) is 9.53 Å². The van der Waals surface area contributed by atoms with E-state index in [1.54, 1.807) is 0 Å². The van der Waals surface area contributed by atoms with Crippen LogP contribution in [0.5, 0.6) is 0 Å². The molecule has 2 fully saturated rings. The maximum atomic E-state index is 10.9. The van der Waals surface area contributed by atoms with Gasteiger partial charge in [0.1, 0.15) is 0 Å². The minimum atomic E-state index is -0.115. The Bertz CT molecular complexity index is 230. The highest BCUT2D eigenvalue weighted by molar-refractivity contribution is 5.69. The molecule has 3 nitrogen and oxygen atoms in total. The SMILES string of the molecule is COC(=O)CCNCC1CC2CCC1C2. The number of rotatable bonds is 5. The average Bonchev–Trinajstić information content (AvgIpc) is 2.85. The molecular weight excluding hydrogens is 190 g/mol. The van der Waals surface area contributed by atoms with Crippen molar-refractivity contribution in [3.8, 4) is 0 Å². The minimum absolute atomic E-state index is 0.115. The average molecular weight is 211 g/mol. The third-order valence-electron chi connectivity index (χ3n) is 4.02. The van der Waals surface area contributed by atoms with E-state index in [4.69, 9.17) is 0 Å². The van der Waals surface area contributed by atoms with Crippen LogP contribution in [0.2, 0.25) is 0 Å². The number of fused-ring (bicyclic) bond motifs is 2. The van der Waals surface area contributed by atoms with Crippen LogP contribution in [0.1, 0.15) is 32.1 Å². The van der Waals surface area contributed by atoms with E-state index in [0.29, 0.717) is 6.42 Å². The molecule has 2 rings (SSSR count). The lowest BCUT2D eigenvalue weighted by atomic mass is 9.89. The molecule has 0 heterocycles. The first-order valence-corrected chi connectivity index (χ1v) is 6.07. The van der Waals surface area contributed by atoms with Crippen LogP contribution >= 0.6 is 0 Å². The molecule has 2 bridgehead atoms. The number of carbonyl (C=O) groups is 1. The van der Waals surface area contributed by atoms with Gasteiger partial charge in [-0.05, 0) is 43.6 Å². The Kier molecular flexibility index (Phi) is 3.62. The highest BCUT2D eigenvalue weighted by Crippen LogP contribution is 2.47. The number of ether oxygens (including phenoxy) is 1. The van der Waals surface area contributed by atoms with Gasteiger partial charge in [0.05, 0.1) is 13.5 Å². The summed E-state index contributed by atoms with van der Waals surface area (Å²) < 4.78 is 4.59. The summed E-state index contributed by atoms with van der Waals surface area (Å²) >= 11 is 0. The van der Waals surface area contributed by atoms with Gasteiger partial charge in [0.2, 0.25) is 0 Å². The van der Waals surface area contributed by atoms with Crippen molar-refractivity contribution in [2.75, 3.05) is 20.2 Å². The van der Waals surface area contributed by atoms with Crippen molar-refractivity contribution in [2.45, 2.75) is 32.1 Å². The van der Waals surface area contributed by atoms with Gasteiger partial charge in [0.15, 0.2) is 0 Å². The smallest absolute Gasteiger partial charge is 0.306 e. The van der Waals surface area contributed by atoms with Crippen molar-refractivity contribution in [1.29, 1.82) is 0 Å². The van der Waals surface area contributed by atoms with E-state index in [1.807, 2.05) is 0 Å². The van der Waals surface area contributed by atoms with Crippen molar-refractivity contribution in [1.82, 2.24) is 5.32 Å². The number of methoxy groups -OCH3 is 1. The Hall–Kier alpha value is -0.570. The van der Waals surface area contributed by atoms with Gasteiger partial charge in [-0.2, -0.15) is 0 Å². The van der Waals surface area contributed by atoms with Crippen LogP contribution in [0.25, 0.3) is 0 Å². The third-order valence-corrected chi connectivity index (χ3v) is 4.02. The zero-order chi connectivity index (χ0) is 10.7. The summed E-state index contributed by atoms with van der Waals surface area (Å²) in [5.41, 5.74) is 0. The number of hydrogen-bond donors (Lipinski definition) is 1. The molecule has 2 saturated carbocycles. The first-order valence-electron chi connectivity index (χ1n) is 6.07. The number of esters is 1. The second-order valence-corrected chi connectivity index (χ2v) is 4.97. The molecule has 3 heteroatoms. The standard InChI is InChI=1S/C12H21NO2/c1-15-12(14)4-5-13-8-11-7-9-2-3-10(11)6-9/h9-11,13H,2-8H2,1H3. The predicted molar refractivity (Wildman–Crippen MR) is 58.4 cm³/mol. The van der Waals surface area contributed by atoms with Crippen LogP contribution in [-0.4, -0.2) is 26.2 Å². The molecule has 86 valence electrons. The summed E-state index contributed by atoms with van der Waals surface area (Å²) in [7, 11) is 1.44. The van der Waals surface area contributed by atoms with Crippen LogP contribution < -0.4 is 5.32 Å². The summed E-state index contributed by atoms with van der Waals surface area (Å²) in [5.74, 6) is 2.75. The largest absolute Gasteiger partial charge is 0.469 e. The molecule has 15 heavy (non-hydrogen) atoms. The van der Waals surface area contributed by atoms with E-state index < -0.39 is 0 Å². The molecular formula is C12H21NO2. The van der Waals surface area contributed by atoms with Crippen LogP contribution in [0, 0.1) is 17.8 Å². The molecule has 0 spiro atoms. The topological polar surface area (TPSA) is 38.3 Å². The Morgan fingerprint density at radius 1 is 1.40 bits per heavy atom. The summed E-state index contributed by atoms with van der Waals surface area (Å²) in [6, 6.07) is 0. The second-order valence-electron chi connectivity index (χ2n) is 4.97. The molecule has 0 saturated heterocycles. The second kappa shape index (κ2) is 4.97. The molecule has 0 aromatic heterocycles. The zero-order valence-electron chi connectivity index (χ0n) is 9.50. The molecule has 0 radical (unpaired) electrons. The maximum absolute atomic E-state index is 10.9. The van der Waals surface area contributed by atoms with Gasteiger partial charge in [-0.1, -0.05) is 6.42 Å². The summed E-state index contributed by atoms with van der Waals surface area (Å²) in [4.78, 5) is 10.9. The van der Waals surface area contributed by atoms with Gasteiger partial charge in [0.25, 0.3) is 0 Å². The first-order chi connectivity index (χ1) is 7.29. The van der Waals surface area contributed by atoms with Crippen molar-refractivity contribution < 1.29 is 9.53 Å². The van der Waals surface area contributed by atoms with E-state index in [1.165, 1.54) is 32.8 Å². The third kappa shape index (κ3) is 2.71. The lowest BCUT2D eigenvalue weighted by Gasteiger charge is -2.21. The Morgan fingerprint density at radius 2 is 2.27 bits per heavy atom. The molecule has 2 aliphatic carbocycles. The lowest BCUT2D eigenvalue weighted by molar-refractivity contribution is -0.140. The molecule has 3 atom stereocenters. The van der Waals surface area contributed by atoms with Crippen molar-refractivity contribution in [3.63, 3.8) is 0 Å². The monoisotopic (exact) mass is 211 g/mol. The molecule has 0 aliphatic heterocycles. The Balaban J connectivity index is 1.57. The molecule has 0 aromatic rings. The molecule has 1 N–H and O–H groups in total.